The number of nitrogens with one attached hydrogen (secondary N) is 1. The van der Waals surface area contributed by atoms with E-state index >= 15 is 0 Å². The van der Waals surface area contributed by atoms with Gasteiger partial charge in [-0.05, 0) is 31.6 Å². The van der Waals surface area contributed by atoms with Crippen molar-refractivity contribution in [2.75, 3.05) is 13.1 Å². The van der Waals surface area contributed by atoms with Crippen molar-refractivity contribution in [3.63, 3.8) is 0 Å². The molecule has 0 bridgehead atoms. The fraction of sp³-hybridized carbons (Fsp3) is 0.588. The molecule has 1 unspecified atom stereocenters. The highest BCUT2D eigenvalue weighted by atomic mass is 16.2. The predicted molar refractivity (Wildman–Crippen MR) is 86.8 cm³/mol. The monoisotopic (exact) mass is 316 g/mol. The van der Waals surface area contributed by atoms with E-state index in [0.717, 1.165) is 38.8 Å². The van der Waals surface area contributed by atoms with Gasteiger partial charge in [-0.1, -0.05) is 12.2 Å². The Kier molecular flexibility index (Phi) is 4.79. The first-order valence-corrected chi connectivity index (χ1v) is 8.36. The number of carbonyl (C=O) groups excluding carboxylic acids is 2. The average molecular weight is 316 g/mol. The van der Waals surface area contributed by atoms with Gasteiger partial charge in [0, 0.05) is 38.8 Å². The van der Waals surface area contributed by atoms with Crippen LogP contribution in [0.5, 0.6) is 0 Å². The average Bonchev–Trinajstić information content (AvgIpc) is 3.19. The van der Waals surface area contributed by atoms with Gasteiger partial charge in [0.25, 0.3) is 5.91 Å². The molecule has 1 N–H and O–H groups in total. The Labute approximate surface area is 136 Å². The molecule has 1 atom stereocenters. The summed E-state index contributed by atoms with van der Waals surface area (Å²) in [7, 11) is 1.79. The highest BCUT2D eigenvalue weighted by molar-refractivity contribution is 5.93. The SMILES string of the molecule is Cn1cc(C(=O)NC2CCN(C(=O)CC3C=CCC3)CC2)cn1. The predicted octanol–water partition coefficient (Wildman–Crippen LogP) is 1.50. The fourth-order valence-electron chi connectivity index (χ4n) is 3.30. The quantitative estimate of drug-likeness (QED) is 0.856. The fourth-order valence-corrected chi connectivity index (χ4v) is 3.30. The number of aryl methyl sites for hydroxylation is 1. The van der Waals surface area contributed by atoms with Crippen molar-refractivity contribution in [1.82, 2.24) is 20.0 Å². The number of hydrogen-bond donors (Lipinski definition) is 1. The van der Waals surface area contributed by atoms with Crippen molar-refractivity contribution in [3.05, 3.63) is 30.1 Å². The van der Waals surface area contributed by atoms with Gasteiger partial charge in [0.1, 0.15) is 0 Å². The Morgan fingerprint density at radius 2 is 2.09 bits per heavy atom. The third-order valence-electron chi connectivity index (χ3n) is 4.70. The second-order valence-corrected chi connectivity index (χ2v) is 6.50. The van der Waals surface area contributed by atoms with Crippen LogP contribution in [0.25, 0.3) is 0 Å². The van der Waals surface area contributed by atoms with Gasteiger partial charge in [0.05, 0.1) is 11.8 Å². The van der Waals surface area contributed by atoms with Crippen LogP contribution < -0.4 is 5.32 Å². The van der Waals surface area contributed by atoms with Crippen LogP contribution in [0, 0.1) is 5.92 Å². The van der Waals surface area contributed by atoms with E-state index in [4.69, 9.17) is 0 Å². The number of aromatic nitrogens is 2. The summed E-state index contributed by atoms with van der Waals surface area (Å²) in [4.78, 5) is 26.4. The van der Waals surface area contributed by atoms with E-state index in [1.807, 2.05) is 4.90 Å². The Morgan fingerprint density at radius 1 is 1.30 bits per heavy atom. The van der Waals surface area contributed by atoms with Crippen LogP contribution >= 0.6 is 0 Å². The van der Waals surface area contributed by atoms with Crippen molar-refractivity contribution < 1.29 is 9.59 Å². The van der Waals surface area contributed by atoms with E-state index in [1.54, 1.807) is 24.1 Å². The molecule has 1 aliphatic heterocycles. The number of amides is 2. The second kappa shape index (κ2) is 6.98. The van der Waals surface area contributed by atoms with Gasteiger partial charge >= 0.3 is 0 Å². The molecule has 6 heteroatoms. The molecule has 2 amide bonds. The van der Waals surface area contributed by atoms with Gasteiger partial charge in [0.15, 0.2) is 0 Å². The minimum absolute atomic E-state index is 0.0843. The molecule has 0 spiro atoms. The number of hydrogen-bond acceptors (Lipinski definition) is 3. The van der Waals surface area contributed by atoms with Crippen molar-refractivity contribution in [2.24, 2.45) is 13.0 Å². The zero-order chi connectivity index (χ0) is 16.2. The van der Waals surface area contributed by atoms with Crippen LogP contribution in [0.3, 0.4) is 0 Å². The second-order valence-electron chi connectivity index (χ2n) is 6.50. The first-order valence-electron chi connectivity index (χ1n) is 8.36. The minimum Gasteiger partial charge on any atom is -0.349 e. The van der Waals surface area contributed by atoms with Gasteiger partial charge in [-0.15, -0.1) is 0 Å². The number of carbonyl (C=O) groups is 2. The van der Waals surface area contributed by atoms with Crippen molar-refractivity contribution in [1.29, 1.82) is 0 Å². The Balaban J connectivity index is 1.43. The summed E-state index contributed by atoms with van der Waals surface area (Å²) in [5.41, 5.74) is 0.582. The summed E-state index contributed by atoms with van der Waals surface area (Å²) in [5.74, 6) is 0.586. The maximum Gasteiger partial charge on any atom is 0.254 e. The van der Waals surface area contributed by atoms with Crippen LogP contribution in [-0.2, 0) is 11.8 Å². The van der Waals surface area contributed by atoms with Gasteiger partial charge in [-0.2, -0.15) is 5.10 Å². The largest absolute Gasteiger partial charge is 0.349 e. The lowest BCUT2D eigenvalue weighted by atomic mass is 10.0. The third kappa shape index (κ3) is 4.00. The molecule has 1 aliphatic carbocycles. The number of piperidine rings is 1. The summed E-state index contributed by atoms with van der Waals surface area (Å²) in [6.07, 6.45) is 12.1. The molecule has 0 radical (unpaired) electrons. The Bertz CT molecular complexity index is 599. The van der Waals surface area contributed by atoms with Crippen molar-refractivity contribution in [3.8, 4) is 0 Å². The number of rotatable bonds is 4. The van der Waals surface area contributed by atoms with E-state index in [-0.39, 0.29) is 17.9 Å². The summed E-state index contributed by atoms with van der Waals surface area (Å²) >= 11 is 0. The molecule has 0 saturated carbocycles. The Hall–Kier alpha value is -2.11. The molecule has 1 fully saturated rings. The molecular formula is C17H24N4O2. The smallest absolute Gasteiger partial charge is 0.254 e. The molecule has 1 saturated heterocycles. The van der Waals surface area contributed by atoms with Crippen LogP contribution in [-0.4, -0.2) is 45.6 Å². The van der Waals surface area contributed by atoms with Crippen molar-refractivity contribution in [2.45, 2.75) is 38.1 Å². The van der Waals surface area contributed by atoms with Gasteiger partial charge in [-0.3, -0.25) is 14.3 Å². The van der Waals surface area contributed by atoms with Crippen LogP contribution in [0.2, 0.25) is 0 Å². The zero-order valence-electron chi connectivity index (χ0n) is 13.6. The molecule has 6 nitrogen and oxygen atoms in total. The van der Waals surface area contributed by atoms with E-state index in [9.17, 15) is 9.59 Å². The number of likely N-dealkylation sites (tertiary alicyclic amines) is 1. The van der Waals surface area contributed by atoms with Crippen molar-refractivity contribution >= 4 is 11.8 Å². The molecule has 23 heavy (non-hydrogen) atoms. The highest BCUT2D eigenvalue weighted by Gasteiger charge is 2.25. The summed E-state index contributed by atoms with van der Waals surface area (Å²) < 4.78 is 1.62. The topological polar surface area (TPSA) is 67.2 Å². The maximum atomic E-state index is 12.3. The van der Waals surface area contributed by atoms with E-state index in [2.05, 4.69) is 22.6 Å². The minimum atomic E-state index is -0.0843. The lowest BCUT2D eigenvalue weighted by molar-refractivity contribution is -0.132. The third-order valence-corrected chi connectivity index (χ3v) is 4.70. The number of nitrogens with zero attached hydrogens (tertiary/aromatic N) is 3. The van der Waals surface area contributed by atoms with E-state index < -0.39 is 0 Å². The molecule has 124 valence electrons. The van der Waals surface area contributed by atoms with Gasteiger partial charge in [-0.25, -0.2) is 0 Å². The Morgan fingerprint density at radius 3 is 2.70 bits per heavy atom. The van der Waals surface area contributed by atoms with Gasteiger partial charge in [0.2, 0.25) is 5.91 Å². The maximum absolute atomic E-state index is 12.3. The first kappa shape index (κ1) is 15.8. The van der Waals surface area contributed by atoms with E-state index in [1.165, 1.54) is 0 Å². The summed E-state index contributed by atoms with van der Waals surface area (Å²) in [5, 5.41) is 7.05. The number of allylic oxidation sites excluding steroid dienone is 2. The molecular weight excluding hydrogens is 292 g/mol. The first-order chi connectivity index (χ1) is 11.1. The molecule has 1 aromatic rings. The lowest BCUT2D eigenvalue weighted by Gasteiger charge is -2.33. The van der Waals surface area contributed by atoms with Crippen LogP contribution in [0.15, 0.2) is 24.5 Å². The highest BCUT2D eigenvalue weighted by Crippen LogP contribution is 2.22. The van der Waals surface area contributed by atoms with Crippen LogP contribution in [0.1, 0.15) is 42.5 Å². The van der Waals surface area contributed by atoms with Crippen LogP contribution in [0.4, 0.5) is 0 Å². The van der Waals surface area contributed by atoms with Gasteiger partial charge < -0.3 is 10.2 Å². The lowest BCUT2D eigenvalue weighted by Crippen LogP contribution is -2.46. The summed E-state index contributed by atoms with van der Waals surface area (Å²) in [6.45, 7) is 1.46. The molecule has 2 aliphatic rings. The summed E-state index contributed by atoms with van der Waals surface area (Å²) in [6, 6.07) is 0.137. The van der Waals surface area contributed by atoms with E-state index in [0.29, 0.717) is 17.9 Å². The molecule has 1 aromatic heterocycles. The zero-order valence-corrected chi connectivity index (χ0v) is 13.6. The molecule has 2 heterocycles. The molecule has 0 aromatic carbocycles. The standard InChI is InChI=1S/C17H24N4O2/c1-20-12-14(11-18-20)17(23)19-15-6-8-21(9-7-15)16(22)10-13-4-2-3-5-13/h2,4,11-13,15H,3,5-10H2,1H3,(H,19,23). The normalized spacial score (nSPS) is 21.6. The molecule has 3 rings (SSSR count).